The first-order chi connectivity index (χ1) is 10.2. The van der Waals surface area contributed by atoms with Crippen LogP contribution in [-0.2, 0) is 10.0 Å². The van der Waals surface area contributed by atoms with Crippen LogP contribution in [0.15, 0.2) is 29.2 Å². The molecule has 1 aromatic rings. The van der Waals surface area contributed by atoms with Gasteiger partial charge in [-0.3, -0.25) is 0 Å². The van der Waals surface area contributed by atoms with Gasteiger partial charge in [0.25, 0.3) is 0 Å². The molecule has 0 bridgehead atoms. The molecule has 4 nitrogen and oxygen atoms in total. The van der Waals surface area contributed by atoms with Gasteiger partial charge in [-0.15, -0.1) is 0 Å². The SMILES string of the molecule is N#Cc1ccc(S(=O)(=O)N(CCC(F)(F)F)C2CCC2)cc1. The second kappa shape index (κ2) is 6.26. The van der Waals surface area contributed by atoms with Crippen molar-refractivity contribution in [2.45, 2.75) is 42.8 Å². The van der Waals surface area contributed by atoms with Gasteiger partial charge in [0.05, 0.1) is 22.9 Å². The Balaban J connectivity index is 2.25. The van der Waals surface area contributed by atoms with Gasteiger partial charge in [-0.1, -0.05) is 6.42 Å². The van der Waals surface area contributed by atoms with Gasteiger partial charge >= 0.3 is 6.18 Å². The summed E-state index contributed by atoms with van der Waals surface area (Å²) in [5.74, 6) is 0. The van der Waals surface area contributed by atoms with Crippen LogP contribution in [-0.4, -0.2) is 31.5 Å². The van der Waals surface area contributed by atoms with E-state index in [9.17, 15) is 21.6 Å². The fraction of sp³-hybridized carbons (Fsp3) is 0.500. The lowest BCUT2D eigenvalue weighted by atomic mass is 9.93. The van der Waals surface area contributed by atoms with Crippen molar-refractivity contribution in [2.24, 2.45) is 0 Å². The van der Waals surface area contributed by atoms with E-state index in [0.717, 1.165) is 10.7 Å². The van der Waals surface area contributed by atoms with E-state index in [2.05, 4.69) is 0 Å². The molecule has 0 radical (unpaired) electrons. The number of halogens is 3. The van der Waals surface area contributed by atoms with Crippen molar-refractivity contribution in [3.05, 3.63) is 29.8 Å². The van der Waals surface area contributed by atoms with E-state index < -0.39 is 29.2 Å². The average Bonchev–Trinajstić information content (AvgIpc) is 2.40. The lowest BCUT2D eigenvalue weighted by Gasteiger charge is -2.36. The lowest BCUT2D eigenvalue weighted by molar-refractivity contribution is -0.136. The van der Waals surface area contributed by atoms with Gasteiger partial charge in [-0.2, -0.15) is 22.7 Å². The number of rotatable bonds is 5. The first-order valence-corrected chi connectivity index (χ1v) is 8.27. The molecule has 1 aromatic carbocycles. The van der Waals surface area contributed by atoms with Gasteiger partial charge in [0.15, 0.2) is 0 Å². The zero-order chi connectivity index (χ0) is 16.4. The Hall–Kier alpha value is -1.59. The van der Waals surface area contributed by atoms with E-state index in [1.54, 1.807) is 0 Å². The maximum atomic E-state index is 12.6. The van der Waals surface area contributed by atoms with Crippen LogP contribution in [0.2, 0.25) is 0 Å². The minimum atomic E-state index is -4.40. The van der Waals surface area contributed by atoms with Gasteiger partial charge in [0.2, 0.25) is 10.0 Å². The summed E-state index contributed by atoms with van der Waals surface area (Å²) in [5, 5.41) is 8.71. The molecule has 1 aliphatic carbocycles. The fourth-order valence-electron chi connectivity index (χ4n) is 2.25. The number of alkyl halides is 3. The molecular formula is C14H15F3N2O2S. The van der Waals surface area contributed by atoms with Crippen LogP contribution in [0.4, 0.5) is 13.2 Å². The molecule has 0 heterocycles. The summed E-state index contributed by atoms with van der Waals surface area (Å²) in [7, 11) is -3.98. The van der Waals surface area contributed by atoms with Crippen molar-refractivity contribution in [3.63, 3.8) is 0 Å². The summed E-state index contributed by atoms with van der Waals surface area (Å²) in [4.78, 5) is -0.0828. The van der Waals surface area contributed by atoms with E-state index in [1.165, 1.54) is 24.3 Å². The van der Waals surface area contributed by atoms with Gasteiger partial charge in [0, 0.05) is 12.6 Å². The molecule has 1 fully saturated rings. The summed E-state index contributed by atoms with van der Waals surface area (Å²) in [6.45, 7) is -0.573. The lowest BCUT2D eigenvalue weighted by Crippen LogP contribution is -2.45. The molecule has 0 saturated heterocycles. The molecule has 0 spiro atoms. The van der Waals surface area contributed by atoms with Crippen molar-refractivity contribution < 1.29 is 21.6 Å². The van der Waals surface area contributed by atoms with Crippen molar-refractivity contribution in [1.29, 1.82) is 5.26 Å². The van der Waals surface area contributed by atoms with Crippen LogP contribution in [0, 0.1) is 11.3 Å². The zero-order valence-electron chi connectivity index (χ0n) is 11.7. The summed E-state index contributed by atoms with van der Waals surface area (Å²) in [6.07, 6.45) is -3.60. The van der Waals surface area contributed by atoms with Gasteiger partial charge in [0.1, 0.15) is 0 Å². The predicted octanol–water partition coefficient (Wildman–Crippen LogP) is 3.05. The van der Waals surface area contributed by atoms with Crippen molar-refractivity contribution >= 4 is 10.0 Å². The number of hydrogen-bond acceptors (Lipinski definition) is 3. The second-order valence-electron chi connectivity index (χ2n) is 5.20. The second-order valence-corrected chi connectivity index (χ2v) is 7.09. The average molecular weight is 332 g/mol. The highest BCUT2D eigenvalue weighted by molar-refractivity contribution is 7.89. The van der Waals surface area contributed by atoms with E-state index in [1.807, 2.05) is 6.07 Å². The molecule has 0 aromatic heterocycles. The molecule has 0 unspecified atom stereocenters. The Morgan fingerprint density at radius 3 is 2.23 bits per heavy atom. The topological polar surface area (TPSA) is 61.2 Å². The minimum absolute atomic E-state index is 0.0828. The van der Waals surface area contributed by atoms with E-state index >= 15 is 0 Å². The Labute approximate surface area is 127 Å². The summed E-state index contributed by atoms with van der Waals surface area (Å²) < 4.78 is 63.4. The van der Waals surface area contributed by atoms with Gasteiger partial charge in [-0.25, -0.2) is 8.42 Å². The van der Waals surface area contributed by atoms with E-state index in [4.69, 9.17) is 5.26 Å². The smallest absolute Gasteiger partial charge is 0.207 e. The minimum Gasteiger partial charge on any atom is -0.207 e. The fourth-order valence-corrected chi connectivity index (χ4v) is 3.93. The largest absolute Gasteiger partial charge is 0.390 e. The number of nitrogens with zero attached hydrogens (tertiary/aromatic N) is 2. The molecule has 22 heavy (non-hydrogen) atoms. The first kappa shape index (κ1) is 16.8. The highest BCUT2D eigenvalue weighted by atomic mass is 32.2. The number of sulfonamides is 1. The summed E-state index contributed by atoms with van der Waals surface area (Å²) in [6, 6.07) is 6.70. The zero-order valence-corrected chi connectivity index (χ0v) is 12.5. The summed E-state index contributed by atoms with van der Waals surface area (Å²) in [5.41, 5.74) is 0.296. The molecule has 1 aliphatic rings. The van der Waals surface area contributed by atoms with E-state index in [0.29, 0.717) is 18.4 Å². The van der Waals surface area contributed by atoms with Gasteiger partial charge in [-0.05, 0) is 37.1 Å². The van der Waals surface area contributed by atoms with Crippen LogP contribution in [0.1, 0.15) is 31.2 Å². The Morgan fingerprint density at radius 1 is 1.23 bits per heavy atom. The number of hydrogen-bond donors (Lipinski definition) is 0. The molecule has 1 saturated carbocycles. The van der Waals surface area contributed by atoms with Crippen molar-refractivity contribution in [1.82, 2.24) is 4.31 Å². The van der Waals surface area contributed by atoms with Crippen LogP contribution in [0.25, 0.3) is 0 Å². The normalized spacial score (nSPS) is 16.3. The van der Waals surface area contributed by atoms with Crippen molar-refractivity contribution in [2.75, 3.05) is 6.54 Å². The maximum absolute atomic E-state index is 12.6. The highest BCUT2D eigenvalue weighted by Gasteiger charge is 2.38. The predicted molar refractivity (Wildman–Crippen MR) is 73.4 cm³/mol. The Morgan fingerprint density at radius 2 is 1.82 bits per heavy atom. The van der Waals surface area contributed by atoms with Crippen LogP contribution in [0.3, 0.4) is 0 Å². The summed E-state index contributed by atoms with van der Waals surface area (Å²) >= 11 is 0. The standard InChI is InChI=1S/C14H15F3N2O2S/c15-14(16,17)8-9-19(12-2-1-3-12)22(20,21)13-6-4-11(10-18)5-7-13/h4-7,12H,1-3,8-9H2. The maximum Gasteiger partial charge on any atom is 0.390 e. The third-order valence-corrected chi connectivity index (χ3v) is 5.65. The van der Waals surface area contributed by atoms with Crippen molar-refractivity contribution in [3.8, 4) is 6.07 Å². The Kier molecular flexibility index (Phi) is 4.78. The Bertz CT molecular complexity index is 659. The molecule has 120 valence electrons. The van der Waals surface area contributed by atoms with E-state index in [-0.39, 0.29) is 10.9 Å². The number of benzene rings is 1. The molecule has 0 atom stereocenters. The molecule has 0 N–H and O–H groups in total. The highest BCUT2D eigenvalue weighted by Crippen LogP contribution is 2.32. The molecule has 0 amide bonds. The molecule has 8 heteroatoms. The van der Waals surface area contributed by atoms with Crippen LogP contribution >= 0.6 is 0 Å². The first-order valence-electron chi connectivity index (χ1n) is 6.83. The number of nitriles is 1. The molecular weight excluding hydrogens is 317 g/mol. The third-order valence-electron chi connectivity index (χ3n) is 3.69. The molecule has 0 aliphatic heterocycles. The van der Waals surface area contributed by atoms with Crippen LogP contribution < -0.4 is 0 Å². The third kappa shape index (κ3) is 3.78. The monoisotopic (exact) mass is 332 g/mol. The van der Waals surface area contributed by atoms with Gasteiger partial charge < -0.3 is 0 Å². The van der Waals surface area contributed by atoms with Crippen LogP contribution in [0.5, 0.6) is 0 Å². The quantitative estimate of drug-likeness (QED) is 0.832. The molecule has 2 rings (SSSR count).